The fourth-order valence-electron chi connectivity index (χ4n) is 2.46. The van der Waals surface area contributed by atoms with Crippen LogP contribution < -0.4 is 10.1 Å². The minimum Gasteiger partial charge on any atom is -0.493 e. The summed E-state index contributed by atoms with van der Waals surface area (Å²) in [4.78, 5) is 25.6. The van der Waals surface area contributed by atoms with Gasteiger partial charge in [0.1, 0.15) is 5.75 Å². The zero-order valence-electron chi connectivity index (χ0n) is 15.6. The zero-order valence-corrected chi connectivity index (χ0v) is 15.6. The normalized spacial score (nSPS) is 10.3. The number of hydrogen-bond donors (Lipinski definition) is 1. The lowest BCUT2D eigenvalue weighted by molar-refractivity contribution is -0.133. The molecule has 2 amide bonds. The largest absolute Gasteiger partial charge is 0.493 e. The van der Waals surface area contributed by atoms with E-state index in [1.54, 1.807) is 7.05 Å². The van der Waals surface area contributed by atoms with Crippen LogP contribution in [0.1, 0.15) is 24.0 Å². The van der Waals surface area contributed by atoms with Crippen molar-refractivity contribution in [2.75, 3.05) is 25.5 Å². The Labute approximate surface area is 155 Å². The summed E-state index contributed by atoms with van der Waals surface area (Å²) < 4.78 is 5.69. The van der Waals surface area contributed by atoms with Crippen LogP contribution in [0.5, 0.6) is 5.75 Å². The van der Waals surface area contributed by atoms with Crippen molar-refractivity contribution in [1.29, 1.82) is 0 Å². The van der Waals surface area contributed by atoms with Gasteiger partial charge in [-0.05, 0) is 44.0 Å². The van der Waals surface area contributed by atoms with E-state index < -0.39 is 0 Å². The summed E-state index contributed by atoms with van der Waals surface area (Å²) in [7, 11) is 1.64. The minimum atomic E-state index is -0.208. The maximum atomic E-state index is 12.1. The summed E-state index contributed by atoms with van der Waals surface area (Å²) in [6.45, 7) is 4.48. The molecule has 0 atom stereocenters. The van der Waals surface area contributed by atoms with Gasteiger partial charge in [-0.2, -0.15) is 0 Å². The zero-order chi connectivity index (χ0) is 18.9. The maximum Gasteiger partial charge on any atom is 0.243 e. The number of nitrogens with zero attached hydrogens (tertiary/aromatic N) is 1. The van der Waals surface area contributed by atoms with Gasteiger partial charge in [0, 0.05) is 19.2 Å². The minimum absolute atomic E-state index is 0.0331. The summed E-state index contributed by atoms with van der Waals surface area (Å²) in [5.74, 6) is 0.559. The second kappa shape index (κ2) is 9.61. The van der Waals surface area contributed by atoms with Crippen LogP contribution in [0, 0.1) is 13.8 Å². The van der Waals surface area contributed by atoms with Gasteiger partial charge in [-0.15, -0.1) is 0 Å². The third-order valence-electron chi connectivity index (χ3n) is 4.03. The van der Waals surface area contributed by atoms with Gasteiger partial charge in [-0.1, -0.05) is 35.9 Å². The van der Waals surface area contributed by atoms with E-state index in [1.807, 2.05) is 62.4 Å². The van der Waals surface area contributed by atoms with Crippen molar-refractivity contribution < 1.29 is 14.3 Å². The number of hydrogen-bond acceptors (Lipinski definition) is 3. The number of likely N-dealkylation sites (N-methyl/N-ethyl adjacent to an activating group) is 1. The van der Waals surface area contributed by atoms with Crippen LogP contribution in [0.3, 0.4) is 0 Å². The molecule has 0 fully saturated rings. The highest BCUT2D eigenvalue weighted by Crippen LogP contribution is 2.16. The molecule has 1 N–H and O–H groups in total. The van der Waals surface area contributed by atoms with Crippen molar-refractivity contribution in [2.45, 2.75) is 26.7 Å². The van der Waals surface area contributed by atoms with Gasteiger partial charge < -0.3 is 15.0 Å². The van der Waals surface area contributed by atoms with E-state index in [2.05, 4.69) is 5.32 Å². The van der Waals surface area contributed by atoms with E-state index in [0.29, 0.717) is 19.4 Å². The molecule has 0 radical (unpaired) electrons. The molecule has 0 saturated carbocycles. The summed E-state index contributed by atoms with van der Waals surface area (Å²) in [5.41, 5.74) is 2.93. The molecule has 26 heavy (non-hydrogen) atoms. The molecular weight excluding hydrogens is 328 g/mol. The topological polar surface area (TPSA) is 58.6 Å². The molecule has 2 rings (SSSR count). The average molecular weight is 354 g/mol. The first-order valence-corrected chi connectivity index (χ1v) is 8.74. The first-order chi connectivity index (χ1) is 12.5. The second-order valence-electron chi connectivity index (χ2n) is 6.38. The van der Waals surface area contributed by atoms with E-state index in [1.165, 1.54) is 4.90 Å². The van der Waals surface area contributed by atoms with E-state index in [0.717, 1.165) is 22.6 Å². The lowest BCUT2D eigenvalue weighted by atomic mass is 10.2. The van der Waals surface area contributed by atoms with Gasteiger partial charge in [-0.3, -0.25) is 9.59 Å². The lowest BCUT2D eigenvalue weighted by Gasteiger charge is -2.17. The van der Waals surface area contributed by atoms with Crippen LogP contribution in [0.2, 0.25) is 0 Å². The van der Waals surface area contributed by atoms with Crippen molar-refractivity contribution in [3.8, 4) is 5.75 Å². The Hall–Kier alpha value is -2.82. The molecule has 0 aliphatic carbocycles. The van der Waals surface area contributed by atoms with Crippen LogP contribution in [0.4, 0.5) is 5.69 Å². The predicted molar refractivity (Wildman–Crippen MR) is 103 cm³/mol. The Kier molecular flexibility index (Phi) is 7.21. The van der Waals surface area contributed by atoms with Gasteiger partial charge in [0.15, 0.2) is 0 Å². The van der Waals surface area contributed by atoms with Crippen molar-refractivity contribution in [3.05, 3.63) is 59.7 Å². The first kappa shape index (κ1) is 19.5. The van der Waals surface area contributed by atoms with Crippen molar-refractivity contribution in [1.82, 2.24) is 4.90 Å². The maximum absolute atomic E-state index is 12.1. The molecular formula is C21H26N2O3. The van der Waals surface area contributed by atoms with Crippen LogP contribution in [0.15, 0.2) is 48.5 Å². The molecule has 2 aromatic carbocycles. The molecule has 2 aromatic rings. The number of rotatable bonds is 8. The van der Waals surface area contributed by atoms with Crippen molar-refractivity contribution >= 4 is 17.5 Å². The highest BCUT2D eigenvalue weighted by atomic mass is 16.5. The van der Waals surface area contributed by atoms with Crippen molar-refractivity contribution in [3.63, 3.8) is 0 Å². The standard InChI is InChI=1S/C21H26N2O3/c1-16-10-12-18(13-11-16)22-20(24)15-23(3)21(25)9-6-14-26-19-8-5-4-7-17(19)2/h4-5,7-8,10-13H,6,9,14-15H2,1-3H3,(H,22,24). The Morgan fingerprint density at radius 2 is 1.73 bits per heavy atom. The van der Waals surface area contributed by atoms with E-state index in [-0.39, 0.29) is 18.4 Å². The Morgan fingerprint density at radius 3 is 2.42 bits per heavy atom. The second-order valence-corrected chi connectivity index (χ2v) is 6.38. The predicted octanol–water partition coefficient (Wildman–Crippen LogP) is 3.56. The highest BCUT2D eigenvalue weighted by molar-refractivity contribution is 5.94. The number of nitrogens with one attached hydrogen (secondary N) is 1. The number of ether oxygens (including phenoxy) is 1. The molecule has 0 aliphatic rings. The number of anilines is 1. The smallest absolute Gasteiger partial charge is 0.243 e. The fourth-order valence-corrected chi connectivity index (χ4v) is 2.46. The third-order valence-corrected chi connectivity index (χ3v) is 4.03. The van der Waals surface area contributed by atoms with E-state index in [4.69, 9.17) is 4.74 Å². The fraction of sp³-hybridized carbons (Fsp3) is 0.333. The number of aryl methyl sites for hydroxylation is 2. The Bertz CT molecular complexity index is 741. The summed E-state index contributed by atoms with van der Waals surface area (Å²) in [6, 6.07) is 15.3. The Balaban J connectivity index is 1.69. The van der Waals surface area contributed by atoms with Gasteiger partial charge in [0.05, 0.1) is 13.2 Å². The van der Waals surface area contributed by atoms with Gasteiger partial charge >= 0.3 is 0 Å². The van der Waals surface area contributed by atoms with Gasteiger partial charge in [-0.25, -0.2) is 0 Å². The third kappa shape index (κ3) is 6.24. The highest BCUT2D eigenvalue weighted by Gasteiger charge is 2.13. The molecule has 0 aliphatic heterocycles. The molecule has 0 bridgehead atoms. The average Bonchev–Trinajstić information content (AvgIpc) is 2.61. The van der Waals surface area contributed by atoms with Crippen LogP contribution in [-0.2, 0) is 9.59 Å². The molecule has 0 spiro atoms. The molecule has 138 valence electrons. The van der Waals surface area contributed by atoms with E-state index >= 15 is 0 Å². The lowest BCUT2D eigenvalue weighted by Crippen LogP contribution is -2.34. The quantitative estimate of drug-likeness (QED) is 0.738. The summed E-state index contributed by atoms with van der Waals surface area (Å²) >= 11 is 0. The SMILES string of the molecule is Cc1ccc(NC(=O)CN(C)C(=O)CCCOc2ccccc2C)cc1. The molecule has 5 heteroatoms. The Morgan fingerprint density at radius 1 is 1.04 bits per heavy atom. The number of carbonyl (C=O) groups excluding carboxylic acids is 2. The summed E-state index contributed by atoms with van der Waals surface area (Å²) in [5, 5.41) is 2.79. The number of benzene rings is 2. The number of amides is 2. The number of carbonyl (C=O) groups is 2. The molecule has 0 saturated heterocycles. The number of para-hydroxylation sites is 1. The molecule has 5 nitrogen and oxygen atoms in total. The summed E-state index contributed by atoms with van der Waals surface area (Å²) in [6.07, 6.45) is 0.956. The van der Waals surface area contributed by atoms with Crippen molar-refractivity contribution in [2.24, 2.45) is 0 Å². The van der Waals surface area contributed by atoms with Gasteiger partial charge in [0.25, 0.3) is 0 Å². The van der Waals surface area contributed by atoms with Crippen LogP contribution in [0.25, 0.3) is 0 Å². The molecule has 0 unspecified atom stereocenters. The van der Waals surface area contributed by atoms with Gasteiger partial charge in [0.2, 0.25) is 11.8 Å². The molecule has 0 heterocycles. The first-order valence-electron chi connectivity index (χ1n) is 8.74. The van der Waals surface area contributed by atoms with Crippen LogP contribution in [-0.4, -0.2) is 36.9 Å². The molecule has 0 aromatic heterocycles. The van der Waals surface area contributed by atoms with E-state index in [9.17, 15) is 9.59 Å². The monoisotopic (exact) mass is 354 g/mol. The van der Waals surface area contributed by atoms with Crippen LogP contribution >= 0.6 is 0 Å².